The Morgan fingerprint density at radius 2 is 2.04 bits per heavy atom. The normalized spacial score (nSPS) is 12.6. The van der Waals surface area contributed by atoms with Crippen molar-refractivity contribution in [1.29, 1.82) is 0 Å². The van der Waals surface area contributed by atoms with Crippen molar-refractivity contribution in [2.45, 2.75) is 57.4 Å². The average Bonchev–Trinajstić information content (AvgIpc) is 3.15. The first-order valence-electron chi connectivity index (χ1n) is 9.86. The topological polar surface area (TPSA) is 67.9 Å². The summed E-state index contributed by atoms with van der Waals surface area (Å²) in [7, 11) is -1.29. The van der Waals surface area contributed by atoms with Crippen LogP contribution < -0.4 is 4.74 Å². The maximum atomic E-state index is 12.9. The van der Waals surface area contributed by atoms with E-state index in [9.17, 15) is 4.21 Å². The molecule has 1 N–H and O–H groups in total. The zero-order valence-corrected chi connectivity index (χ0v) is 17.6. The van der Waals surface area contributed by atoms with Crippen LogP contribution in [0.2, 0.25) is 0 Å². The lowest BCUT2D eigenvalue weighted by molar-refractivity contribution is 0.304. The largest absolute Gasteiger partial charge is 0.493 e. The van der Waals surface area contributed by atoms with Gasteiger partial charge in [-0.15, -0.1) is 0 Å². The number of hydrogen-bond acceptors (Lipinski definition) is 4. The van der Waals surface area contributed by atoms with Gasteiger partial charge in [0.2, 0.25) is 0 Å². The minimum absolute atomic E-state index is 0.322. The maximum Gasteiger partial charge on any atom is 0.197 e. The first kappa shape index (κ1) is 20.5. The van der Waals surface area contributed by atoms with Crippen LogP contribution >= 0.6 is 0 Å². The van der Waals surface area contributed by atoms with Gasteiger partial charge in [-0.1, -0.05) is 26.0 Å². The molecule has 0 fully saturated rings. The summed E-state index contributed by atoms with van der Waals surface area (Å²) in [6, 6.07) is 9.61. The summed E-state index contributed by atoms with van der Waals surface area (Å²) in [6.07, 6.45) is 5.74. The van der Waals surface area contributed by atoms with E-state index in [1.165, 1.54) is 5.92 Å². The summed E-state index contributed by atoms with van der Waals surface area (Å²) in [6.45, 7) is 7.13. The predicted molar refractivity (Wildman–Crippen MR) is 114 cm³/mol. The fraction of sp³-hybridized carbons (Fsp3) is 0.409. The van der Waals surface area contributed by atoms with Gasteiger partial charge in [-0.05, 0) is 31.0 Å². The summed E-state index contributed by atoms with van der Waals surface area (Å²) < 4.78 is 18.9. The van der Waals surface area contributed by atoms with E-state index in [1.54, 1.807) is 6.20 Å². The molecule has 0 aliphatic rings. The van der Waals surface area contributed by atoms with Crippen LogP contribution in [0.5, 0.6) is 5.75 Å². The lowest BCUT2D eigenvalue weighted by atomic mass is 10.0. The van der Waals surface area contributed by atoms with Gasteiger partial charge in [0, 0.05) is 11.8 Å². The molecular weight excluding hydrogens is 370 g/mol. The Morgan fingerprint density at radius 3 is 2.79 bits per heavy atom. The van der Waals surface area contributed by atoms with Crippen LogP contribution in [-0.4, -0.2) is 25.8 Å². The van der Waals surface area contributed by atoms with Gasteiger partial charge in [0.25, 0.3) is 0 Å². The van der Waals surface area contributed by atoms with Crippen molar-refractivity contribution >= 4 is 21.8 Å². The minimum Gasteiger partial charge on any atom is -0.493 e. The third kappa shape index (κ3) is 4.98. The number of fused-ring (bicyclic) bond motifs is 1. The number of nitrogens with one attached hydrogen (secondary N) is 1. The number of benzene rings is 1. The van der Waals surface area contributed by atoms with Crippen molar-refractivity contribution in [2.75, 3.05) is 6.61 Å². The molecule has 0 spiro atoms. The van der Waals surface area contributed by atoms with E-state index in [0.717, 1.165) is 53.7 Å². The molecule has 28 heavy (non-hydrogen) atoms. The van der Waals surface area contributed by atoms with Crippen molar-refractivity contribution in [3.63, 3.8) is 0 Å². The lowest BCUT2D eigenvalue weighted by Crippen LogP contribution is -2.07. The number of aromatic nitrogens is 3. The number of H-pyrrole nitrogens is 1. The second-order valence-corrected chi connectivity index (χ2v) is 8.27. The fourth-order valence-electron chi connectivity index (χ4n) is 3.12. The molecule has 0 aliphatic heterocycles. The highest BCUT2D eigenvalue weighted by molar-refractivity contribution is 7.84. The summed E-state index contributed by atoms with van der Waals surface area (Å²) in [5.74, 6) is 2.67. The van der Waals surface area contributed by atoms with Crippen LogP contribution in [0, 0.1) is 5.92 Å². The highest BCUT2D eigenvalue weighted by Crippen LogP contribution is 2.24. The van der Waals surface area contributed by atoms with Gasteiger partial charge in [-0.25, -0.2) is 4.98 Å². The first-order valence-corrected chi connectivity index (χ1v) is 11.2. The van der Waals surface area contributed by atoms with Gasteiger partial charge in [-0.2, -0.15) is 19.8 Å². The zero-order chi connectivity index (χ0) is 19.9. The average molecular weight is 399 g/mol. The molecule has 1 atom stereocenters. The van der Waals surface area contributed by atoms with Crippen LogP contribution in [0.4, 0.5) is 0 Å². The van der Waals surface area contributed by atoms with Crippen LogP contribution in [0.25, 0.3) is 11.0 Å². The van der Waals surface area contributed by atoms with E-state index in [1.807, 2.05) is 30.3 Å². The number of pyridine rings is 1. The predicted octanol–water partition coefficient (Wildman–Crippen LogP) is 4.99. The molecule has 2 aromatic heterocycles. The number of nitrogens with zero attached hydrogens (tertiary/aromatic N) is 2. The van der Waals surface area contributed by atoms with Gasteiger partial charge >= 0.3 is 0 Å². The molecule has 0 saturated carbocycles. The van der Waals surface area contributed by atoms with Crippen molar-refractivity contribution < 1.29 is 8.95 Å². The Labute approximate surface area is 169 Å². The Morgan fingerprint density at radius 1 is 1.21 bits per heavy atom. The lowest BCUT2D eigenvalue weighted by Gasteiger charge is -2.21. The Bertz CT molecular complexity index is 905. The zero-order valence-electron chi connectivity index (χ0n) is 16.8. The van der Waals surface area contributed by atoms with Crippen molar-refractivity contribution in [3.8, 4) is 5.75 Å². The molecule has 1 aromatic carbocycles. The van der Waals surface area contributed by atoms with E-state index < -0.39 is 10.8 Å². The standard InChI is InChI=1S/C22H28N3O2S/c1-4-16(3)9-8-14-27-21-12-13-23-20(17(21)5-2)15-28(26)22-24-18-10-6-7-11-19(18)25-22/h6-7,10-13H,4-5,8-9,14-15H2,1-3H3,(H,24,25)/q-1. The molecular formula is C22H28N3O2S-. The highest BCUT2D eigenvalue weighted by Gasteiger charge is 2.16. The Hall–Kier alpha value is -2.21. The Balaban J connectivity index is 1.70. The van der Waals surface area contributed by atoms with Crippen molar-refractivity contribution in [2.24, 2.45) is 0 Å². The van der Waals surface area contributed by atoms with E-state index in [-0.39, 0.29) is 0 Å². The highest BCUT2D eigenvalue weighted by atomic mass is 32.2. The summed E-state index contributed by atoms with van der Waals surface area (Å²) >= 11 is 0. The molecule has 0 radical (unpaired) electrons. The number of para-hydroxylation sites is 2. The smallest absolute Gasteiger partial charge is 0.197 e. The second kappa shape index (κ2) is 9.82. The summed E-state index contributed by atoms with van der Waals surface area (Å²) in [4.78, 5) is 12.1. The van der Waals surface area contributed by atoms with Gasteiger partial charge in [0.05, 0.1) is 39.9 Å². The number of hydrogen-bond donors (Lipinski definition) is 1. The molecule has 0 bridgehead atoms. The number of rotatable bonds is 10. The fourth-order valence-corrected chi connectivity index (χ4v) is 4.17. The van der Waals surface area contributed by atoms with E-state index >= 15 is 0 Å². The summed E-state index contributed by atoms with van der Waals surface area (Å²) in [5, 5.41) is 0.488. The van der Waals surface area contributed by atoms with Gasteiger partial charge in [0.1, 0.15) is 5.75 Å². The summed E-state index contributed by atoms with van der Waals surface area (Å²) in [5.41, 5.74) is 3.56. The van der Waals surface area contributed by atoms with Crippen LogP contribution in [0.1, 0.15) is 51.3 Å². The van der Waals surface area contributed by atoms with Crippen molar-refractivity contribution in [3.05, 3.63) is 53.7 Å². The molecule has 3 rings (SSSR count). The molecule has 150 valence electrons. The van der Waals surface area contributed by atoms with E-state index in [2.05, 4.69) is 35.7 Å². The van der Waals surface area contributed by atoms with Gasteiger partial charge in [0.15, 0.2) is 5.16 Å². The molecule has 0 saturated heterocycles. The molecule has 3 aromatic rings. The van der Waals surface area contributed by atoms with Crippen LogP contribution in [-0.2, 0) is 23.0 Å². The van der Waals surface area contributed by atoms with Crippen LogP contribution in [0.3, 0.4) is 0 Å². The number of imidazole rings is 1. The molecule has 0 aliphatic carbocycles. The van der Waals surface area contributed by atoms with Gasteiger partial charge in [-0.3, -0.25) is 9.19 Å². The molecule has 6 heteroatoms. The minimum atomic E-state index is -1.29. The van der Waals surface area contributed by atoms with Crippen LogP contribution in [0.15, 0.2) is 41.7 Å². The number of ether oxygens (including phenoxy) is 1. The van der Waals surface area contributed by atoms with E-state index in [4.69, 9.17) is 4.74 Å². The molecule has 5 nitrogen and oxygen atoms in total. The van der Waals surface area contributed by atoms with Gasteiger partial charge < -0.3 is 15.6 Å². The SMILES string of the molecule is CCc1c(OCCC[C-](C)CC)ccnc1CS(=O)c1nc2ccccc2[nH]1. The number of aromatic amines is 1. The third-order valence-corrected chi connectivity index (χ3v) is 6.08. The maximum absolute atomic E-state index is 12.9. The third-order valence-electron chi connectivity index (χ3n) is 4.92. The van der Waals surface area contributed by atoms with Crippen molar-refractivity contribution in [1.82, 2.24) is 15.0 Å². The second-order valence-electron chi connectivity index (χ2n) is 6.90. The molecule has 2 heterocycles. The molecule has 0 amide bonds. The Kier molecular flexibility index (Phi) is 7.20. The van der Waals surface area contributed by atoms with E-state index in [0.29, 0.717) is 17.5 Å². The quantitative estimate of drug-likeness (QED) is 0.386. The molecule has 1 unspecified atom stereocenters. The first-order chi connectivity index (χ1) is 13.6. The monoisotopic (exact) mass is 398 g/mol.